The molecule has 0 aliphatic heterocycles. The molecule has 5 rings (SSSR count). The zero-order chi connectivity index (χ0) is 17.8. The molecule has 4 heterocycles. The highest BCUT2D eigenvalue weighted by atomic mass is 15.4. The summed E-state index contributed by atoms with van der Waals surface area (Å²) in [5.74, 6) is 0.774. The van der Waals surface area contributed by atoms with Gasteiger partial charge in [-0.25, -0.2) is 19.2 Å². The van der Waals surface area contributed by atoms with Crippen LogP contribution in [0.2, 0.25) is 0 Å². The van der Waals surface area contributed by atoms with Crippen LogP contribution in [0.3, 0.4) is 0 Å². The highest BCUT2D eigenvalue weighted by molar-refractivity contribution is 5.85. The lowest BCUT2D eigenvalue weighted by Crippen LogP contribution is -2.00. The maximum atomic E-state index is 4.67. The molecule has 0 amide bonds. The maximum absolute atomic E-state index is 4.67. The molecule has 8 heteroatoms. The first-order valence-corrected chi connectivity index (χ1v) is 8.28. The van der Waals surface area contributed by atoms with Crippen LogP contribution in [0.4, 0.5) is 0 Å². The molecule has 0 fully saturated rings. The van der Waals surface area contributed by atoms with Gasteiger partial charge in [0.25, 0.3) is 0 Å². The smallest absolute Gasteiger partial charge is 0.166 e. The van der Waals surface area contributed by atoms with Crippen LogP contribution in [-0.2, 0) is 7.05 Å². The van der Waals surface area contributed by atoms with Gasteiger partial charge in [-0.15, -0.1) is 5.10 Å². The van der Waals surface area contributed by atoms with Crippen LogP contribution in [0.15, 0.2) is 42.9 Å². The lowest BCUT2D eigenvalue weighted by atomic mass is 10.2. The standard InChI is InChI=1S/C18H16N8/c1-11-9-12(2)26-18(21-11)13(10-20-26)17-19-7-8-25(17)15-6-4-5-14-16(15)22-23-24(14)3/h4-10H,1-3H3. The topological polar surface area (TPSA) is 78.7 Å². The highest BCUT2D eigenvalue weighted by Crippen LogP contribution is 2.28. The van der Waals surface area contributed by atoms with E-state index in [0.717, 1.165) is 45.1 Å². The first-order chi connectivity index (χ1) is 12.6. The fraction of sp³-hybridized carbons (Fsp3) is 0.167. The van der Waals surface area contributed by atoms with Gasteiger partial charge in [0.1, 0.15) is 11.3 Å². The van der Waals surface area contributed by atoms with Gasteiger partial charge >= 0.3 is 0 Å². The summed E-state index contributed by atoms with van der Waals surface area (Å²) in [5.41, 5.74) is 6.37. The van der Waals surface area contributed by atoms with Crippen LogP contribution >= 0.6 is 0 Å². The zero-order valence-corrected chi connectivity index (χ0v) is 14.6. The molecule has 26 heavy (non-hydrogen) atoms. The summed E-state index contributed by atoms with van der Waals surface area (Å²) in [4.78, 5) is 9.24. The molecule has 0 N–H and O–H groups in total. The largest absolute Gasteiger partial charge is 0.297 e. The molecule has 1 aromatic carbocycles. The van der Waals surface area contributed by atoms with Crippen molar-refractivity contribution in [2.24, 2.45) is 7.05 Å². The Morgan fingerprint density at radius 2 is 2.00 bits per heavy atom. The van der Waals surface area contributed by atoms with E-state index in [0.29, 0.717) is 0 Å². The number of nitrogens with zero attached hydrogens (tertiary/aromatic N) is 8. The van der Waals surface area contributed by atoms with Crippen LogP contribution in [0, 0.1) is 13.8 Å². The Hall–Kier alpha value is -3.55. The minimum absolute atomic E-state index is 0.774. The number of hydrogen-bond acceptors (Lipinski definition) is 5. The van der Waals surface area contributed by atoms with E-state index in [1.54, 1.807) is 10.9 Å². The van der Waals surface area contributed by atoms with Gasteiger partial charge in [0.05, 0.1) is 23.0 Å². The highest BCUT2D eigenvalue weighted by Gasteiger charge is 2.18. The third kappa shape index (κ3) is 1.98. The molecule has 0 saturated carbocycles. The van der Waals surface area contributed by atoms with Crippen LogP contribution in [-0.4, -0.2) is 39.1 Å². The van der Waals surface area contributed by atoms with Gasteiger partial charge in [-0.05, 0) is 32.0 Å². The van der Waals surface area contributed by atoms with Crippen molar-refractivity contribution in [2.45, 2.75) is 13.8 Å². The first kappa shape index (κ1) is 14.8. The quantitative estimate of drug-likeness (QED) is 0.491. The average Bonchev–Trinajstić information content (AvgIpc) is 3.33. The molecule has 0 saturated heterocycles. The molecule has 0 spiro atoms. The normalized spacial score (nSPS) is 11.7. The van der Waals surface area contributed by atoms with Gasteiger partial charge in [-0.1, -0.05) is 11.3 Å². The minimum Gasteiger partial charge on any atom is -0.297 e. The van der Waals surface area contributed by atoms with E-state index in [1.807, 2.05) is 66.6 Å². The van der Waals surface area contributed by atoms with E-state index in [-0.39, 0.29) is 0 Å². The molecule has 4 aromatic heterocycles. The van der Waals surface area contributed by atoms with Crippen molar-refractivity contribution in [2.75, 3.05) is 0 Å². The second-order valence-electron chi connectivity index (χ2n) is 6.31. The van der Waals surface area contributed by atoms with Crippen molar-refractivity contribution >= 4 is 16.7 Å². The number of fused-ring (bicyclic) bond motifs is 2. The van der Waals surface area contributed by atoms with Crippen molar-refractivity contribution in [3.8, 4) is 17.1 Å². The van der Waals surface area contributed by atoms with Crippen LogP contribution in [0.1, 0.15) is 11.4 Å². The molecule has 0 unspecified atom stereocenters. The summed E-state index contributed by atoms with van der Waals surface area (Å²) < 4.78 is 5.61. The molecular weight excluding hydrogens is 328 g/mol. The zero-order valence-electron chi connectivity index (χ0n) is 14.6. The first-order valence-electron chi connectivity index (χ1n) is 8.28. The summed E-state index contributed by atoms with van der Waals surface area (Å²) in [6.07, 6.45) is 5.51. The predicted octanol–water partition coefficient (Wildman–Crippen LogP) is 2.48. The van der Waals surface area contributed by atoms with Crippen molar-refractivity contribution in [1.82, 2.24) is 39.1 Å². The van der Waals surface area contributed by atoms with E-state index >= 15 is 0 Å². The van der Waals surface area contributed by atoms with Gasteiger partial charge in [0.2, 0.25) is 0 Å². The summed E-state index contributed by atoms with van der Waals surface area (Å²) in [6.45, 7) is 4.00. The van der Waals surface area contributed by atoms with E-state index < -0.39 is 0 Å². The molecule has 5 aromatic rings. The molecular formula is C18H16N8. The Morgan fingerprint density at radius 3 is 2.88 bits per heavy atom. The third-order valence-electron chi connectivity index (χ3n) is 4.54. The molecule has 8 nitrogen and oxygen atoms in total. The van der Waals surface area contributed by atoms with Gasteiger partial charge < -0.3 is 0 Å². The number of aromatic nitrogens is 8. The van der Waals surface area contributed by atoms with E-state index in [2.05, 4.69) is 25.4 Å². The molecule has 128 valence electrons. The van der Waals surface area contributed by atoms with Crippen molar-refractivity contribution < 1.29 is 0 Å². The molecule has 0 bridgehead atoms. The Labute approximate surface area is 148 Å². The van der Waals surface area contributed by atoms with Gasteiger partial charge in [0, 0.05) is 30.8 Å². The molecule has 0 aliphatic rings. The van der Waals surface area contributed by atoms with Gasteiger partial charge in [-0.2, -0.15) is 5.10 Å². The maximum Gasteiger partial charge on any atom is 0.166 e. The van der Waals surface area contributed by atoms with Crippen molar-refractivity contribution in [3.63, 3.8) is 0 Å². The van der Waals surface area contributed by atoms with Crippen molar-refractivity contribution in [1.29, 1.82) is 0 Å². The van der Waals surface area contributed by atoms with Crippen LogP contribution < -0.4 is 0 Å². The van der Waals surface area contributed by atoms with Crippen LogP contribution in [0.25, 0.3) is 33.8 Å². The Bertz CT molecular complexity index is 1270. The summed E-state index contributed by atoms with van der Waals surface area (Å²) in [6, 6.07) is 8.01. The fourth-order valence-electron chi connectivity index (χ4n) is 3.36. The SMILES string of the molecule is Cc1cc(C)n2ncc(-c3nccn3-c3cccc4c3nnn4C)c2n1. The third-order valence-corrected chi connectivity index (χ3v) is 4.54. The Balaban J connectivity index is 1.78. The minimum atomic E-state index is 0.774. The van der Waals surface area contributed by atoms with Gasteiger partial charge in [0.15, 0.2) is 5.65 Å². The number of hydrogen-bond donors (Lipinski definition) is 0. The second kappa shape index (κ2) is 5.22. The van der Waals surface area contributed by atoms with Crippen molar-refractivity contribution in [3.05, 3.63) is 54.2 Å². The summed E-state index contributed by atoms with van der Waals surface area (Å²) in [5, 5.41) is 12.9. The monoisotopic (exact) mass is 344 g/mol. The Kier molecular flexibility index (Phi) is 2.96. The van der Waals surface area contributed by atoms with E-state index in [9.17, 15) is 0 Å². The molecule has 0 atom stereocenters. The summed E-state index contributed by atoms with van der Waals surface area (Å²) in [7, 11) is 1.88. The number of rotatable bonds is 2. The fourth-order valence-corrected chi connectivity index (χ4v) is 3.36. The van der Waals surface area contributed by atoms with E-state index in [1.165, 1.54) is 0 Å². The average molecular weight is 344 g/mol. The van der Waals surface area contributed by atoms with Crippen LogP contribution in [0.5, 0.6) is 0 Å². The summed E-state index contributed by atoms with van der Waals surface area (Å²) >= 11 is 0. The number of benzene rings is 1. The molecule has 0 aliphatic carbocycles. The Morgan fingerprint density at radius 1 is 1.12 bits per heavy atom. The molecule has 0 radical (unpaired) electrons. The van der Waals surface area contributed by atoms with Gasteiger partial charge in [-0.3, -0.25) is 4.57 Å². The number of aryl methyl sites for hydroxylation is 3. The van der Waals surface area contributed by atoms with E-state index in [4.69, 9.17) is 0 Å². The predicted molar refractivity (Wildman–Crippen MR) is 97.1 cm³/mol. The number of imidazole rings is 1. The lowest BCUT2D eigenvalue weighted by molar-refractivity contribution is 0.736. The lowest BCUT2D eigenvalue weighted by Gasteiger charge is -2.08. The second-order valence-corrected chi connectivity index (χ2v) is 6.31.